The van der Waals surface area contributed by atoms with Crippen molar-refractivity contribution in [2.75, 3.05) is 13.2 Å². The van der Waals surface area contributed by atoms with Crippen LogP contribution in [-0.4, -0.2) is 35.4 Å². The highest BCUT2D eigenvalue weighted by Gasteiger charge is 2.25. The summed E-state index contributed by atoms with van der Waals surface area (Å²) in [5.74, 6) is -0.110. The smallest absolute Gasteiger partial charge is 0.406 e. The van der Waals surface area contributed by atoms with Crippen LogP contribution >= 0.6 is 31.0 Å². The second kappa shape index (κ2) is 8.38. The Morgan fingerprint density at radius 2 is 1.89 bits per heavy atom. The van der Waals surface area contributed by atoms with Gasteiger partial charge in [-0.25, -0.2) is 4.57 Å². The van der Waals surface area contributed by atoms with E-state index in [0.717, 1.165) is 0 Å². The van der Waals surface area contributed by atoms with Gasteiger partial charge >= 0.3 is 7.82 Å². The van der Waals surface area contributed by atoms with Gasteiger partial charge in [-0.05, 0) is 20.8 Å². The maximum absolute atomic E-state index is 11.4. The van der Waals surface area contributed by atoms with Crippen LogP contribution in [-0.2, 0) is 18.3 Å². The van der Waals surface area contributed by atoms with Crippen molar-refractivity contribution in [2.24, 2.45) is 0 Å². The zero-order valence-corrected chi connectivity index (χ0v) is 12.7. The van der Waals surface area contributed by atoms with E-state index in [1.807, 2.05) is 0 Å². The molecule has 0 aromatic rings. The standard InChI is InChI=1S/C9H17Cl2O6P/c1-6(12)4-15-7(2)5-16-18(13,14)17-8(3)9(10)11/h6-7,12H,4-5H2,1-3H3,(H,13,14). The fourth-order valence-electron chi connectivity index (χ4n) is 0.785. The lowest BCUT2D eigenvalue weighted by Gasteiger charge is -2.17. The lowest BCUT2D eigenvalue weighted by Crippen LogP contribution is -2.21. The molecule has 0 aliphatic carbocycles. The summed E-state index contributed by atoms with van der Waals surface area (Å²) in [6.45, 7) is 4.44. The summed E-state index contributed by atoms with van der Waals surface area (Å²) >= 11 is 10.7. The van der Waals surface area contributed by atoms with Gasteiger partial charge in [0.2, 0.25) is 0 Å². The second-order valence-electron chi connectivity index (χ2n) is 3.67. The Kier molecular flexibility index (Phi) is 8.47. The number of aliphatic hydroxyl groups excluding tert-OH is 1. The first-order valence-electron chi connectivity index (χ1n) is 5.12. The summed E-state index contributed by atoms with van der Waals surface area (Å²) in [7, 11) is -4.27. The van der Waals surface area contributed by atoms with E-state index in [9.17, 15) is 9.46 Å². The van der Waals surface area contributed by atoms with Gasteiger partial charge in [0, 0.05) is 0 Å². The first-order valence-corrected chi connectivity index (χ1v) is 7.37. The summed E-state index contributed by atoms with van der Waals surface area (Å²) in [5, 5.41) is 8.98. The van der Waals surface area contributed by atoms with Crippen molar-refractivity contribution >= 4 is 31.0 Å². The molecule has 0 radical (unpaired) electrons. The Bertz CT molecular complexity index is 329. The van der Waals surface area contributed by atoms with Crippen LogP contribution in [0.25, 0.3) is 0 Å². The number of halogens is 2. The highest BCUT2D eigenvalue weighted by atomic mass is 35.5. The third-order valence-corrected chi connectivity index (χ3v) is 3.12. The van der Waals surface area contributed by atoms with E-state index in [2.05, 4.69) is 9.05 Å². The van der Waals surface area contributed by atoms with Gasteiger partial charge in [0.05, 0.1) is 25.4 Å². The Morgan fingerprint density at radius 3 is 2.33 bits per heavy atom. The summed E-state index contributed by atoms with van der Waals surface area (Å²) in [6, 6.07) is 0. The molecular weight excluding hydrogens is 306 g/mol. The number of rotatable bonds is 8. The normalized spacial score (nSPS) is 17.7. The fourth-order valence-corrected chi connectivity index (χ4v) is 1.86. The maximum atomic E-state index is 11.4. The molecule has 0 saturated heterocycles. The van der Waals surface area contributed by atoms with Gasteiger partial charge in [-0.3, -0.25) is 9.42 Å². The predicted octanol–water partition coefficient (Wildman–Crippen LogP) is 2.57. The van der Waals surface area contributed by atoms with E-state index < -0.39 is 20.0 Å². The predicted molar refractivity (Wildman–Crippen MR) is 68.4 cm³/mol. The Hall–Kier alpha value is 0.190. The van der Waals surface area contributed by atoms with Crippen LogP contribution in [0.15, 0.2) is 10.3 Å². The molecule has 9 heteroatoms. The van der Waals surface area contributed by atoms with E-state index in [1.54, 1.807) is 13.8 Å². The molecule has 2 N–H and O–H groups in total. The van der Waals surface area contributed by atoms with Crippen molar-refractivity contribution in [3.63, 3.8) is 0 Å². The molecule has 6 nitrogen and oxygen atoms in total. The Labute approximate surface area is 116 Å². The number of phosphoric ester groups is 1. The molecule has 108 valence electrons. The van der Waals surface area contributed by atoms with Crippen molar-refractivity contribution < 1.29 is 28.3 Å². The SMILES string of the molecule is CC(OP(=O)(O)OCC(C)OCC(C)O)=C(Cl)Cl. The number of hydrogen-bond acceptors (Lipinski definition) is 5. The van der Waals surface area contributed by atoms with Crippen LogP contribution < -0.4 is 0 Å². The summed E-state index contributed by atoms with van der Waals surface area (Å²) in [4.78, 5) is 9.31. The van der Waals surface area contributed by atoms with Crippen LogP contribution in [0.4, 0.5) is 0 Å². The third kappa shape index (κ3) is 9.16. The number of ether oxygens (including phenoxy) is 1. The number of hydrogen-bond donors (Lipinski definition) is 2. The highest BCUT2D eigenvalue weighted by molar-refractivity contribution is 7.47. The molecule has 0 aliphatic rings. The zero-order chi connectivity index (χ0) is 14.3. The van der Waals surface area contributed by atoms with Gasteiger partial charge in [-0.15, -0.1) is 0 Å². The zero-order valence-electron chi connectivity index (χ0n) is 10.3. The van der Waals surface area contributed by atoms with Gasteiger partial charge < -0.3 is 14.4 Å². The van der Waals surface area contributed by atoms with Crippen molar-refractivity contribution in [3.8, 4) is 0 Å². The lowest BCUT2D eigenvalue weighted by molar-refractivity contribution is -0.0181. The third-order valence-electron chi connectivity index (χ3n) is 1.61. The van der Waals surface area contributed by atoms with E-state index in [4.69, 9.17) is 33.0 Å². The van der Waals surface area contributed by atoms with Crippen LogP contribution in [0, 0.1) is 0 Å². The van der Waals surface area contributed by atoms with Crippen molar-refractivity contribution in [1.82, 2.24) is 0 Å². The Balaban J connectivity index is 4.11. The summed E-state index contributed by atoms with van der Waals surface area (Å²) in [6.07, 6.45) is -1.09. The quantitative estimate of drug-likeness (QED) is 0.527. The molecule has 3 atom stereocenters. The molecule has 0 fully saturated rings. The van der Waals surface area contributed by atoms with E-state index in [0.29, 0.717) is 0 Å². The topological polar surface area (TPSA) is 85.2 Å². The second-order valence-corrected chi connectivity index (χ2v) is 5.99. The van der Waals surface area contributed by atoms with Crippen LogP contribution in [0.2, 0.25) is 0 Å². The van der Waals surface area contributed by atoms with Crippen LogP contribution in [0.1, 0.15) is 20.8 Å². The monoisotopic (exact) mass is 322 g/mol. The lowest BCUT2D eigenvalue weighted by atomic mass is 10.4. The molecule has 0 aliphatic heterocycles. The summed E-state index contributed by atoms with van der Waals surface area (Å²) in [5.41, 5.74) is 0. The van der Waals surface area contributed by atoms with E-state index >= 15 is 0 Å². The van der Waals surface area contributed by atoms with Gasteiger partial charge in [-0.1, -0.05) is 23.2 Å². The van der Waals surface area contributed by atoms with E-state index in [1.165, 1.54) is 6.92 Å². The minimum Gasteiger partial charge on any atom is -0.406 e. The van der Waals surface area contributed by atoms with Crippen molar-refractivity contribution in [3.05, 3.63) is 10.3 Å². The molecule has 0 rings (SSSR count). The van der Waals surface area contributed by atoms with Crippen molar-refractivity contribution in [1.29, 1.82) is 0 Å². The molecule has 18 heavy (non-hydrogen) atoms. The molecular formula is C9H17Cl2O6P. The van der Waals surface area contributed by atoms with Gasteiger partial charge in [0.25, 0.3) is 0 Å². The first kappa shape index (κ1) is 18.2. The largest absolute Gasteiger partial charge is 0.527 e. The average molecular weight is 323 g/mol. The maximum Gasteiger partial charge on any atom is 0.527 e. The molecule has 3 unspecified atom stereocenters. The number of aliphatic hydroxyl groups is 1. The van der Waals surface area contributed by atoms with Crippen LogP contribution in [0.5, 0.6) is 0 Å². The van der Waals surface area contributed by atoms with Crippen LogP contribution in [0.3, 0.4) is 0 Å². The molecule has 0 spiro atoms. The number of phosphoric acid groups is 1. The molecule has 0 heterocycles. The van der Waals surface area contributed by atoms with Gasteiger partial charge in [-0.2, -0.15) is 0 Å². The number of allylic oxidation sites excluding steroid dienone is 1. The van der Waals surface area contributed by atoms with Gasteiger partial charge in [0.1, 0.15) is 10.3 Å². The molecule has 0 aromatic heterocycles. The highest BCUT2D eigenvalue weighted by Crippen LogP contribution is 2.46. The minimum atomic E-state index is -4.27. The average Bonchev–Trinajstić information content (AvgIpc) is 2.22. The van der Waals surface area contributed by atoms with E-state index in [-0.39, 0.29) is 23.5 Å². The minimum absolute atomic E-state index is 0.105. The fraction of sp³-hybridized carbons (Fsp3) is 0.778. The summed E-state index contributed by atoms with van der Waals surface area (Å²) < 4.78 is 25.5. The first-order chi connectivity index (χ1) is 8.14. The molecule has 0 amide bonds. The Morgan fingerprint density at radius 1 is 1.33 bits per heavy atom. The van der Waals surface area contributed by atoms with Crippen molar-refractivity contribution in [2.45, 2.75) is 33.0 Å². The molecule has 0 aromatic carbocycles. The van der Waals surface area contributed by atoms with Gasteiger partial charge in [0.15, 0.2) is 0 Å². The molecule has 0 bridgehead atoms. The molecule has 0 saturated carbocycles.